The molecule has 0 spiro atoms. The summed E-state index contributed by atoms with van der Waals surface area (Å²) in [6.07, 6.45) is 1.82. The van der Waals surface area contributed by atoms with Crippen molar-refractivity contribution in [3.05, 3.63) is 72.3 Å². The predicted molar refractivity (Wildman–Crippen MR) is 78.1 cm³/mol. The van der Waals surface area contributed by atoms with E-state index in [0.29, 0.717) is 0 Å². The van der Waals surface area contributed by atoms with Crippen LogP contribution >= 0.6 is 15.9 Å². The molecule has 2 rings (SSSR count). The molecule has 2 aromatic carbocycles. The van der Waals surface area contributed by atoms with Crippen LogP contribution in [0.15, 0.2) is 66.2 Å². The first-order valence-corrected chi connectivity index (χ1v) is 6.11. The maximum atomic E-state index is 4.50. The molecular weight excluding hydrogens is 274 g/mol. The van der Waals surface area contributed by atoms with Crippen molar-refractivity contribution in [2.24, 2.45) is 4.99 Å². The summed E-state index contributed by atoms with van der Waals surface area (Å²) in [4.78, 5) is 4.50. The number of hydrogen-bond donors (Lipinski definition) is 0. The number of halogens is 1. The van der Waals surface area contributed by atoms with Gasteiger partial charge in [0.1, 0.15) is 4.62 Å². The molecule has 0 aromatic heterocycles. The van der Waals surface area contributed by atoms with E-state index < -0.39 is 0 Å². The van der Waals surface area contributed by atoms with Crippen LogP contribution in [-0.2, 0) is 0 Å². The van der Waals surface area contributed by atoms with Crippen molar-refractivity contribution >= 4 is 32.3 Å². The fourth-order valence-corrected chi connectivity index (χ4v) is 1.91. The Bertz CT molecular complexity index is 527. The molecule has 0 atom stereocenters. The highest BCUT2D eigenvalue weighted by Gasteiger charge is 1.98. The number of rotatable bonds is 3. The minimum Gasteiger partial charge on any atom is -0.241 e. The molecule has 0 bridgehead atoms. The van der Waals surface area contributed by atoms with Gasteiger partial charge >= 0.3 is 0 Å². The third kappa shape index (κ3) is 3.14. The van der Waals surface area contributed by atoms with Crippen molar-refractivity contribution in [1.29, 1.82) is 0 Å². The van der Waals surface area contributed by atoms with Gasteiger partial charge in [-0.15, -0.1) is 0 Å². The normalized spacial score (nSPS) is 11.2. The van der Waals surface area contributed by atoms with Gasteiger partial charge in [-0.2, -0.15) is 0 Å². The van der Waals surface area contributed by atoms with Crippen LogP contribution in [0, 0.1) is 0 Å². The highest BCUT2D eigenvalue weighted by molar-refractivity contribution is 9.18. The van der Waals surface area contributed by atoms with Gasteiger partial charge in [-0.1, -0.05) is 55.1 Å². The molecule has 0 saturated carbocycles. The van der Waals surface area contributed by atoms with Crippen LogP contribution in [0.25, 0.3) is 6.08 Å². The molecule has 0 amide bonds. The highest BCUT2D eigenvalue weighted by atomic mass is 79.9. The predicted octanol–water partition coefficient (Wildman–Crippen LogP) is 4.80. The Hall–Kier alpha value is -1.67. The third-order valence-electron chi connectivity index (χ3n) is 2.37. The number of nitrogens with zero attached hydrogens (tertiary/aromatic N) is 1. The Morgan fingerprint density at radius 2 is 1.65 bits per heavy atom. The minimum absolute atomic E-state index is 0.837. The molecule has 0 saturated heterocycles. The van der Waals surface area contributed by atoms with Gasteiger partial charge in [-0.3, -0.25) is 0 Å². The molecule has 2 heteroatoms. The Kier molecular flexibility index (Phi) is 3.89. The van der Waals surface area contributed by atoms with E-state index in [1.165, 1.54) is 0 Å². The van der Waals surface area contributed by atoms with E-state index in [4.69, 9.17) is 0 Å². The van der Waals surface area contributed by atoms with Crippen molar-refractivity contribution in [2.45, 2.75) is 0 Å². The maximum absolute atomic E-state index is 4.50. The summed E-state index contributed by atoms with van der Waals surface area (Å²) in [5, 5.41) is 0. The number of benzene rings is 2. The second-order valence-electron chi connectivity index (χ2n) is 3.56. The van der Waals surface area contributed by atoms with E-state index in [-0.39, 0.29) is 0 Å². The summed E-state index contributed by atoms with van der Waals surface area (Å²) < 4.78 is 0.837. The first-order valence-electron chi connectivity index (χ1n) is 5.32. The maximum Gasteiger partial charge on any atom is 0.113 e. The third-order valence-corrected chi connectivity index (χ3v) is 3.00. The smallest absolute Gasteiger partial charge is 0.113 e. The first kappa shape index (κ1) is 11.8. The van der Waals surface area contributed by atoms with Gasteiger partial charge in [0.25, 0.3) is 0 Å². The van der Waals surface area contributed by atoms with Gasteiger partial charge in [0.2, 0.25) is 0 Å². The molecule has 0 fully saturated rings. The van der Waals surface area contributed by atoms with Gasteiger partial charge in [0.15, 0.2) is 0 Å². The van der Waals surface area contributed by atoms with Crippen LogP contribution in [0.4, 0.5) is 5.69 Å². The molecule has 0 aliphatic rings. The Labute approximate surface area is 110 Å². The molecule has 0 aliphatic heterocycles. The molecule has 0 radical (unpaired) electrons. The Balaban J connectivity index is 2.26. The minimum atomic E-state index is 0.837. The molecular formula is C15H12BrN. The molecule has 0 N–H and O–H groups in total. The van der Waals surface area contributed by atoms with Gasteiger partial charge in [0.05, 0.1) is 5.69 Å². The summed E-state index contributed by atoms with van der Waals surface area (Å²) >= 11 is 3.49. The zero-order chi connectivity index (χ0) is 12.1. The monoisotopic (exact) mass is 285 g/mol. The summed E-state index contributed by atoms with van der Waals surface area (Å²) in [5.41, 5.74) is 3.09. The Morgan fingerprint density at radius 3 is 2.24 bits per heavy atom. The quantitative estimate of drug-likeness (QED) is 0.718. The van der Waals surface area contributed by atoms with Crippen LogP contribution < -0.4 is 0 Å². The lowest BCUT2D eigenvalue weighted by Gasteiger charge is -1.99. The second-order valence-corrected chi connectivity index (χ2v) is 4.32. The van der Waals surface area contributed by atoms with Crippen LogP contribution in [0.5, 0.6) is 0 Å². The van der Waals surface area contributed by atoms with E-state index in [9.17, 15) is 0 Å². The average molecular weight is 286 g/mol. The van der Waals surface area contributed by atoms with Gasteiger partial charge in [-0.05, 0) is 33.6 Å². The van der Waals surface area contributed by atoms with E-state index in [2.05, 4.69) is 27.5 Å². The number of aliphatic imine (C=N–C) groups is 1. The fraction of sp³-hybridized carbons (Fsp3) is 0. The molecule has 17 heavy (non-hydrogen) atoms. The molecule has 0 unspecified atom stereocenters. The standard InChI is InChI=1S/C15H12BrN/c1-2-12-8-10-14(11-9-12)17-15(16)13-6-4-3-5-7-13/h2-11H,1H2. The topological polar surface area (TPSA) is 12.4 Å². The second kappa shape index (κ2) is 5.60. The van der Waals surface area contributed by atoms with Crippen LogP contribution in [0.2, 0.25) is 0 Å². The lowest BCUT2D eigenvalue weighted by molar-refractivity contribution is 1.51. The van der Waals surface area contributed by atoms with E-state index >= 15 is 0 Å². The lowest BCUT2D eigenvalue weighted by Crippen LogP contribution is -1.88. The largest absolute Gasteiger partial charge is 0.241 e. The lowest BCUT2D eigenvalue weighted by atomic mass is 10.2. The molecule has 0 heterocycles. The molecule has 0 aliphatic carbocycles. The van der Waals surface area contributed by atoms with Gasteiger partial charge < -0.3 is 0 Å². The van der Waals surface area contributed by atoms with Gasteiger partial charge in [-0.25, -0.2) is 4.99 Å². The summed E-state index contributed by atoms with van der Waals surface area (Å²) in [5.74, 6) is 0. The van der Waals surface area contributed by atoms with Crippen molar-refractivity contribution < 1.29 is 0 Å². The highest BCUT2D eigenvalue weighted by Crippen LogP contribution is 2.17. The summed E-state index contributed by atoms with van der Waals surface area (Å²) in [7, 11) is 0. The fourth-order valence-electron chi connectivity index (χ4n) is 1.44. The first-order chi connectivity index (χ1) is 8.29. The summed E-state index contributed by atoms with van der Waals surface area (Å²) in [6, 6.07) is 18.0. The van der Waals surface area contributed by atoms with Crippen molar-refractivity contribution in [3.8, 4) is 0 Å². The molecule has 84 valence electrons. The van der Waals surface area contributed by atoms with Crippen LogP contribution in [0.1, 0.15) is 11.1 Å². The van der Waals surface area contributed by atoms with E-state index in [1.807, 2.05) is 60.7 Å². The number of hydrogen-bond acceptors (Lipinski definition) is 1. The molecule has 1 nitrogen and oxygen atoms in total. The molecule has 2 aromatic rings. The van der Waals surface area contributed by atoms with Crippen molar-refractivity contribution in [2.75, 3.05) is 0 Å². The summed E-state index contributed by atoms with van der Waals surface area (Å²) in [6.45, 7) is 3.72. The van der Waals surface area contributed by atoms with Crippen LogP contribution in [0.3, 0.4) is 0 Å². The Morgan fingerprint density at radius 1 is 1.00 bits per heavy atom. The average Bonchev–Trinajstić information content (AvgIpc) is 2.40. The zero-order valence-corrected chi connectivity index (χ0v) is 10.9. The SMILES string of the molecule is C=Cc1ccc(N=C(Br)c2ccccc2)cc1. The zero-order valence-electron chi connectivity index (χ0n) is 9.31. The van der Waals surface area contributed by atoms with Crippen LogP contribution in [-0.4, -0.2) is 4.62 Å². The van der Waals surface area contributed by atoms with E-state index in [1.54, 1.807) is 0 Å². The van der Waals surface area contributed by atoms with E-state index in [0.717, 1.165) is 21.4 Å². The van der Waals surface area contributed by atoms with Crippen molar-refractivity contribution in [3.63, 3.8) is 0 Å². The van der Waals surface area contributed by atoms with Crippen molar-refractivity contribution in [1.82, 2.24) is 0 Å². The van der Waals surface area contributed by atoms with Gasteiger partial charge in [0, 0.05) is 5.56 Å².